The number of rotatable bonds is 4. The highest BCUT2D eigenvalue weighted by molar-refractivity contribution is 5.79. The first-order valence-electron chi connectivity index (χ1n) is 5.47. The van der Waals surface area contributed by atoms with Crippen LogP contribution in [0.25, 0.3) is 0 Å². The monoisotopic (exact) mass is 224 g/mol. The Kier molecular flexibility index (Phi) is 2.91. The van der Waals surface area contributed by atoms with E-state index in [9.17, 15) is 4.79 Å². The topological polar surface area (TPSA) is 94.0 Å². The average molecular weight is 224 g/mol. The van der Waals surface area contributed by atoms with E-state index in [0.29, 0.717) is 13.0 Å². The summed E-state index contributed by atoms with van der Waals surface area (Å²) in [6.07, 6.45) is 6.20. The van der Waals surface area contributed by atoms with Crippen LogP contribution in [0.15, 0.2) is 12.7 Å². The van der Waals surface area contributed by atoms with E-state index < -0.39 is 11.5 Å². The summed E-state index contributed by atoms with van der Waals surface area (Å²) in [7, 11) is 0. The van der Waals surface area contributed by atoms with Gasteiger partial charge in [0.15, 0.2) is 0 Å². The molecular weight excluding hydrogens is 208 g/mol. The first kappa shape index (κ1) is 11.1. The van der Waals surface area contributed by atoms with Gasteiger partial charge < -0.3 is 10.8 Å². The molecule has 2 atom stereocenters. The van der Waals surface area contributed by atoms with Crippen LogP contribution in [0.5, 0.6) is 0 Å². The molecule has 1 aliphatic rings. The minimum absolute atomic E-state index is 0.0363. The van der Waals surface area contributed by atoms with Crippen LogP contribution in [0.2, 0.25) is 0 Å². The lowest BCUT2D eigenvalue weighted by molar-refractivity contribution is -0.144. The van der Waals surface area contributed by atoms with Gasteiger partial charge in [-0.3, -0.25) is 9.48 Å². The van der Waals surface area contributed by atoms with E-state index in [1.807, 2.05) is 0 Å². The number of nitrogens with zero attached hydrogens (tertiary/aromatic N) is 3. The van der Waals surface area contributed by atoms with Gasteiger partial charge in [0.2, 0.25) is 0 Å². The number of carboxylic acids is 1. The highest BCUT2D eigenvalue weighted by Crippen LogP contribution is 2.36. The minimum Gasteiger partial charge on any atom is -0.480 e. The van der Waals surface area contributed by atoms with Gasteiger partial charge in [-0.05, 0) is 25.2 Å². The SMILES string of the molecule is NC1(C(=O)O)CCCC1CCn1cncn1. The summed E-state index contributed by atoms with van der Waals surface area (Å²) in [6, 6.07) is 0. The van der Waals surface area contributed by atoms with Gasteiger partial charge in [-0.2, -0.15) is 5.10 Å². The summed E-state index contributed by atoms with van der Waals surface area (Å²) < 4.78 is 1.71. The Morgan fingerprint density at radius 1 is 1.69 bits per heavy atom. The molecule has 2 unspecified atom stereocenters. The largest absolute Gasteiger partial charge is 0.480 e. The zero-order valence-corrected chi connectivity index (χ0v) is 9.04. The van der Waals surface area contributed by atoms with E-state index in [0.717, 1.165) is 19.3 Å². The third kappa shape index (κ3) is 1.92. The van der Waals surface area contributed by atoms with Gasteiger partial charge >= 0.3 is 5.97 Å². The van der Waals surface area contributed by atoms with Gasteiger partial charge in [0.05, 0.1) is 0 Å². The molecule has 1 fully saturated rings. The highest BCUT2D eigenvalue weighted by Gasteiger charge is 2.45. The van der Waals surface area contributed by atoms with Crippen molar-refractivity contribution in [3.8, 4) is 0 Å². The molecule has 0 radical (unpaired) electrons. The van der Waals surface area contributed by atoms with Crippen molar-refractivity contribution in [2.75, 3.05) is 0 Å². The fraction of sp³-hybridized carbons (Fsp3) is 0.700. The van der Waals surface area contributed by atoms with E-state index in [1.165, 1.54) is 6.33 Å². The van der Waals surface area contributed by atoms with Crippen molar-refractivity contribution in [3.63, 3.8) is 0 Å². The maximum Gasteiger partial charge on any atom is 0.323 e. The lowest BCUT2D eigenvalue weighted by atomic mass is 9.86. The van der Waals surface area contributed by atoms with E-state index in [-0.39, 0.29) is 5.92 Å². The lowest BCUT2D eigenvalue weighted by Crippen LogP contribution is -2.51. The van der Waals surface area contributed by atoms with Crippen LogP contribution < -0.4 is 5.73 Å². The molecule has 2 rings (SSSR count). The molecule has 88 valence electrons. The molecule has 1 aromatic heterocycles. The van der Waals surface area contributed by atoms with Crippen molar-refractivity contribution in [2.24, 2.45) is 11.7 Å². The van der Waals surface area contributed by atoms with Crippen LogP contribution in [0.4, 0.5) is 0 Å². The number of aliphatic carboxylic acids is 1. The summed E-state index contributed by atoms with van der Waals surface area (Å²) >= 11 is 0. The molecule has 6 heteroatoms. The maximum atomic E-state index is 11.1. The molecule has 0 saturated heterocycles. The van der Waals surface area contributed by atoms with Crippen LogP contribution in [-0.2, 0) is 11.3 Å². The Hall–Kier alpha value is -1.43. The Balaban J connectivity index is 1.96. The quantitative estimate of drug-likeness (QED) is 0.764. The number of carboxylic acid groups (broad SMARTS) is 1. The van der Waals surface area contributed by atoms with E-state index in [2.05, 4.69) is 10.1 Å². The fourth-order valence-electron chi connectivity index (χ4n) is 2.42. The molecule has 0 spiro atoms. The molecule has 6 nitrogen and oxygen atoms in total. The molecular formula is C10H16N4O2. The predicted octanol–water partition coefficient (Wildman–Crippen LogP) is 0.250. The summed E-state index contributed by atoms with van der Waals surface area (Å²) in [4.78, 5) is 15.0. The smallest absolute Gasteiger partial charge is 0.323 e. The van der Waals surface area contributed by atoms with E-state index >= 15 is 0 Å². The second-order valence-corrected chi connectivity index (χ2v) is 4.38. The van der Waals surface area contributed by atoms with Crippen LogP contribution in [0.3, 0.4) is 0 Å². The molecule has 1 aromatic rings. The molecule has 3 N–H and O–H groups in total. The minimum atomic E-state index is -1.04. The zero-order chi connectivity index (χ0) is 11.6. The second-order valence-electron chi connectivity index (χ2n) is 4.38. The molecule has 16 heavy (non-hydrogen) atoms. The Morgan fingerprint density at radius 2 is 2.50 bits per heavy atom. The molecule has 0 aromatic carbocycles. The van der Waals surface area contributed by atoms with Crippen LogP contribution in [0, 0.1) is 5.92 Å². The normalized spacial score (nSPS) is 29.4. The zero-order valence-electron chi connectivity index (χ0n) is 9.04. The van der Waals surface area contributed by atoms with Crippen molar-refractivity contribution >= 4 is 5.97 Å². The summed E-state index contributed by atoms with van der Waals surface area (Å²) in [5.41, 5.74) is 4.90. The third-order valence-electron chi connectivity index (χ3n) is 3.44. The van der Waals surface area contributed by atoms with Crippen LogP contribution in [-0.4, -0.2) is 31.4 Å². The predicted molar refractivity (Wildman–Crippen MR) is 56.5 cm³/mol. The number of hydrogen-bond donors (Lipinski definition) is 2. The van der Waals surface area contributed by atoms with Crippen LogP contribution in [0.1, 0.15) is 25.7 Å². The van der Waals surface area contributed by atoms with Gasteiger partial charge in [0.1, 0.15) is 18.2 Å². The number of carbonyl (C=O) groups is 1. The van der Waals surface area contributed by atoms with Crippen molar-refractivity contribution in [1.29, 1.82) is 0 Å². The van der Waals surface area contributed by atoms with Gasteiger partial charge in [0, 0.05) is 6.54 Å². The Labute approximate surface area is 93.5 Å². The number of hydrogen-bond acceptors (Lipinski definition) is 4. The standard InChI is InChI=1S/C10H16N4O2/c11-10(9(15)16)4-1-2-8(10)3-5-14-7-12-6-13-14/h6-8H,1-5,11H2,(H,15,16). The van der Waals surface area contributed by atoms with Crippen molar-refractivity contribution in [3.05, 3.63) is 12.7 Å². The van der Waals surface area contributed by atoms with Crippen molar-refractivity contribution < 1.29 is 9.90 Å². The Bertz CT molecular complexity index is 365. The fourth-order valence-corrected chi connectivity index (χ4v) is 2.42. The highest BCUT2D eigenvalue weighted by atomic mass is 16.4. The number of aromatic nitrogens is 3. The Morgan fingerprint density at radius 3 is 3.12 bits per heavy atom. The first-order chi connectivity index (χ1) is 7.63. The van der Waals surface area contributed by atoms with Gasteiger partial charge in [-0.25, -0.2) is 4.98 Å². The molecule has 0 aliphatic heterocycles. The van der Waals surface area contributed by atoms with Crippen LogP contribution >= 0.6 is 0 Å². The summed E-state index contributed by atoms with van der Waals surface area (Å²) in [6.45, 7) is 0.677. The molecule has 1 heterocycles. The van der Waals surface area contributed by atoms with E-state index in [1.54, 1.807) is 11.0 Å². The van der Waals surface area contributed by atoms with Crippen molar-refractivity contribution in [2.45, 2.75) is 37.8 Å². The number of nitrogens with two attached hydrogens (primary N) is 1. The maximum absolute atomic E-state index is 11.1. The summed E-state index contributed by atoms with van der Waals surface area (Å²) in [5, 5.41) is 13.1. The van der Waals surface area contributed by atoms with Gasteiger partial charge in [-0.1, -0.05) is 6.42 Å². The average Bonchev–Trinajstić information content (AvgIpc) is 2.85. The lowest BCUT2D eigenvalue weighted by Gasteiger charge is -2.26. The van der Waals surface area contributed by atoms with Gasteiger partial charge in [-0.15, -0.1) is 0 Å². The first-order valence-corrected chi connectivity index (χ1v) is 5.47. The van der Waals surface area contributed by atoms with Gasteiger partial charge in [0.25, 0.3) is 0 Å². The molecule has 0 amide bonds. The van der Waals surface area contributed by atoms with E-state index in [4.69, 9.17) is 10.8 Å². The molecule has 1 aliphatic carbocycles. The summed E-state index contributed by atoms with van der Waals surface area (Å²) in [5.74, 6) is -0.845. The third-order valence-corrected chi connectivity index (χ3v) is 3.44. The molecule has 1 saturated carbocycles. The second kappa shape index (κ2) is 4.21. The van der Waals surface area contributed by atoms with Crippen molar-refractivity contribution in [1.82, 2.24) is 14.8 Å². The number of aryl methyl sites for hydroxylation is 1. The molecule has 0 bridgehead atoms.